The van der Waals surface area contributed by atoms with E-state index in [1.165, 1.54) is 39.4 Å². The van der Waals surface area contributed by atoms with E-state index in [4.69, 9.17) is 0 Å². The molecule has 0 aliphatic rings. The van der Waals surface area contributed by atoms with Crippen molar-refractivity contribution in [2.45, 2.75) is 47.6 Å². The normalized spacial score (nSPS) is 9.76. The molecule has 0 aliphatic heterocycles. The van der Waals surface area contributed by atoms with E-state index in [2.05, 4.69) is 90.1 Å². The molecule has 0 saturated carbocycles. The largest absolute Gasteiger partial charge is 4.00 e. The zero-order valence-corrected chi connectivity index (χ0v) is 23.0. The summed E-state index contributed by atoms with van der Waals surface area (Å²) in [6.45, 7) is 13.5. The Hall–Kier alpha value is -0.409. The molecular weight excluding hydrogens is 471 g/mol. The van der Waals surface area contributed by atoms with Crippen molar-refractivity contribution in [3.63, 3.8) is 0 Å². The molecule has 29 heavy (non-hydrogen) atoms. The van der Waals surface area contributed by atoms with Gasteiger partial charge in [0.1, 0.15) is 0 Å². The van der Waals surface area contributed by atoms with Crippen LogP contribution in [0.4, 0.5) is 0 Å². The molecule has 0 radical (unpaired) electrons. The summed E-state index contributed by atoms with van der Waals surface area (Å²) in [4.78, 5) is 0. The Kier molecular flexibility index (Phi) is 13.9. The molecule has 0 amide bonds. The summed E-state index contributed by atoms with van der Waals surface area (Å²) in [5.41, 5.74) is 10.2. The molecular formula is C24H29Cl3SiTi. The minimum atomic E-state index is -1.28. The summed E-state index contributed by atoms with van der Waals surface area (Å²) < 4.78 is 0. The molecule has 0 unspecified atom stereocenters. The van der Waals surface area contributed by atoms with Gasteiger partial charge in [0.2, 0.25) is 0 Å². The first-order valence-corrected chi connectivity index (χ1v) is 11.2. The van der Waals surface area contributed by atoms with E-state index in [-0.39, 0.29) is 58.9 Å². The fraction of sp³-hybridized carbons (Fsp3) is 0.292. The minimum Gasteiger partial charge on any atom is -1.00 e. The summed E-state index contributed by atoms with van der Waals surface area (Å²) in [7, 11) is -1.28. The molecule has 0 fully saturated rings. The van der Waals surface area contributed by atoms with Gasteiger partial charge in [0.25, 0.3) is 0 Å². The fourth-order valence-electron chi connectivity index (χ4n) is 3.83. The van der Waals surface area contributed by atoms with Gasteiger partial charge in [-0.1, -0.05) is 104 Å². The van der Waals surface area contributed by atoms with Crippen molar-refractivity contribution in [1.82, 2.24) is 0 Å². The molecule has 0 bridgehead atoms. The summed E-state index contributed by atoms with van der Waals surface area (Å²) >= 11 is 0. The average molecular weight is 500 g/mol. The van der Waals surface area contributed by atoms with Crippen LogP contribution in [-0.2, 0) is 27.8 Å². The van der Waals surface area contributed by atoms with Crippen LogP contribution in [-0.4, -0.2) is 8.80 Å². The molecule has 3 aromatic rings. The van der Waals surface area contributed by atoms with Crippen LogP contribution >= 0.6 is 0 Å². The number of benzene rings is 2. The van der Waals surface area contributed by atoms with Crippen molar-refractivity contribution in [2.75, 3.05) is 0 Å². The maximum atomic E-state index is 2.36. The van der Waals surface area contributed by atoms with E-state index in [1.54, 1.807) is 15.9 Å². The van der Waals surface area contributed by atoms with E-state index in [9.17, 15) is 0 Å². The molecule has 0 spiro atoms. The van der Waals surface area contributed by atoms with Crippen LogP contribution in [0.1, 0.15) is 38.9 Å². The smallest absolute Gasteiger partial charge is 1.00 e. The second kappa shape index (κ2) is 13.1. The second-order valence-electron chi connectivity index (χ2n) is 7.56. The Bertz CT molecular complexity index is 813. The van der Waals surface area contributed by atoms with Crippen molar-refractivity contribution in [3.05, 3.63) is 87.5 Å². The summed E-state index contributed by atoms with van der Waals surface area (Å²) in [6, 6.07) is 19.7. The van der Waals surface area contributed by atoms with Crippen LogP contribution in [0.5, 0.6) is 0 Å². The molecule has 0 heterocycles. The standard InChI is InChI=1S/C24H29Si.3ClH.Ti/c1-16-7-11-22(12-8-16)25(23-13-9-17(2)10-14-23)15-24-20(5)18(3)19(4)21(24)6;;;;/h7-14,25H,15H2,1-6H3;3*1H;/q-1;;;;+4/p-3. The van der Waals surface area contributed by atoms with Gasteiger partial charge in [0.05, 0.1) is 8.80 Å². The molecule has 0 saturated heterocycles. The van der Waals surface area contributed by atoms with E-state index in [0.717, 1.165) is 0 Å². The first kappa shape index (κ1) is 30.8. The van der Waals surface area contributed by atoms with Gasteiger partial charge in [-0.3, -0.25) is 0 Å². The first-order valence-electron chi connectivity index (χ1n) is 9.23. The average Bonchev–Trinajstić information content (AvgIpc) is 2.79. The molecule has 0 N–H and O–H groups in total. The van der Waals surface area contributed by atoms with Crippen LogP contribution in [0.25, 0.3) is 0 Å². The maximum Gasteiger partial charge on any atom is 4.00 e. The minimum absolute atomic E-state index is 0. The Morgan fingerprint density at radius 3 is 1.21 bits per heavy atom. The number of hydrogen-bond acceptors (Lipinski definition) is 0. The van der Waals surface area contributed by atoms with E-state index in [0.29, 0.717) is 0 Å². The Balaban J connectivity index is 0. The van der Waals surface area contributed by atoms with Crippen molar-refractivity contribution in [3.8, 4) is 0 Å². The summed E-state index contributed by atoms with van der Waals surface area (Å²) in [5, 5.41) is 3.09. The second-order valence-corrected chi connectivity index (χ2v) is 10.4. The fourth-order valence-corrected chi connectivity index (χ4v) is 7.02. The van der Waals surface area contributed by atoms with Crippen molar-refractivity contribution < 1.29 is 58.9 Å². The quantitative estimate of drug-likeness (QED) is 0.250. The molecule has 5 heteroatoms. The van der Waals surface area contributed by atoms with Crippen LogP contribution in [0.3, 0.4) is 0 Å². The zero-order valence-electron chi connectivity index (χ0n) is 18.0. The van der Waals surface area contributed by atoms with Gasteiger partial charge >= 0.3 is 21.7 Å². The van der Waals surface area contributed by atoms with Gasteiger partial charge in [0, 0.05) is 0 Å². The van der Waals surface area contributed by atoms with E-state index < -0.39 is 8.80 Å². The van der Waals surface area contributed by atoms with Gasteiger partial charge in [-0.25, -0.2) is 0 Å². The third-order valence-electron chi connectivity index (χ3n) is 5.96. The topological polar surface area (TPSA) is 0 Å². The predicted octanol–water partition coefficient (Wildman–Crippen LogP) is -4.61. The van der Waals surface area contributed by atoms with E-state index in [1.807, 2.05) is 0 Å². The number of aryl methyl sites for hydroxylation is 2. The Labute approximate surface area is 212 Å². The molecule has 0 atom stereocenters. The third-order valence-corrected chi connectivity index (χ3v) is 9.16. The van der Waals surface area contributed by atoms with Crippen molar-refractivity contribution in [2.24, 2.45) is 0 Å². The molecule has 0 nitrogen and oxygen atoms in total. The zero-order chi connectivity index (χ0) is 18.1. The van der Waals surface area contributed by atoms with Crippen molar-refractivity contribution in [1.29, 1.82) is 0 Å². The molecule has 3 rings (SSSR count). The summed E-state index contributed by atoms with van der Waals surface area (Å²) in [6.07, 6.45) is 0. The summed E-state index contributed by atoms with van der Waals surface area (Å²) in [5.74, 6) is 0. The Morgan fingerprint density at radius 2 is 0.897 bits per heavy atom. The SMILES string of the molecule is Cc1ccc([SiH](C[c-]2c(C)c(C)c(C)c2C)c2ccc(C)cc2)cc1.[Cl-].[Cl-].[Cl-].[Ti+4]. The van der Waals surface area contributed by atoms with Gasteiger partial charge in [-0.2, -0.15) is 27.8 Å². The number of halogens is 3. The number of hydrogen-bond donors (Lipinski definition) is 0. The number of rotatable bonds is 4. The molecule has 154 valence electrons. The van der Waals surface area contributed by atoms with Crippen molar-refractivity contribution >= 4 is 19.2 Å². The van der Waals surface area contributed by atoms with Gasteiger partial charge in [0.15, 0.2) is 0 Å². The van der Waals surface area contributed by atoms with Gasteiger partial charge in [-0.05, 0) is 13.8 Å². The molecule has 0 aliphatic carbocycles. The first-order chi connectivity index (χ1) is 11.9. The molecule has 0 aromatic heterocycles. The predicted molar refractivity (Wildman–Crippen MR) is 113 cm³/mol. The van der Waals surface area contributed by atoms with Crippen LogP contribution < -0.4 is 47.6 Å². The van der Waals surface area contributed by atoms with Gasteiger partial charge in [-0.15, -0.1) is 0 Å². The molecule has 3 aromatic carbocycles. The van der Waals surface area contributed by atoms with Gasteiger partial charge < -0.3 is 37.2 Å². The Morgan fingerprint density at radius 1 is 0.586 bits per heavy atom. The monoisotopic (exact) mass is 498 g/mol. The van der Waals surface area contributed by atoms with Crippen LogP contribution in [0.15, 0.2) is 48.5 Å². The van der Waals surface area contributed by atoms with E-state index >= 15 is 0 Å². The maximum absolute atomic E-state index is 2.36. The van der Waals surface area contributed by atoms with Crippen LogP contribution in [0.2, 0.25) is 0 Å². The van der Waals surface area contributed by atoms with Crippen LogP contribution in [0, 0.1) is 41.5 Å². The third kappa shape index (κ3) is 6.79.